The first-order valence-electron chi connectivity index (χ1n) is 10.1. The van der Waals surface area contributed by atoms with Crippen LogP contribution in [0.25, 0.3) is 10.9 Å². The smallest absolute Gasteiger partial charge is 0.241 e. The third-order valence-corrected chi connectivity index (χ3v) is 6.32. The van der Waals surface area contributed by atoms with E-state index in [9.17, 15) is 9.18 Å². The lowest BCUT2D eigenvalue weighted by Gasteiger charge is -2.35. The largest absolute Gasteiger partial charge is 0.497 e. The Morgan fingerprint density at radius 3 is 2.73 bits per heavy atom. The molecule has 1 atom stereocenters. The molecule has 158 valence electrons. The van der Waals surface area contributed by atoms with Crippen LogP contribution in [0.3, 0.4) is 0 Å². The summed E-state index contributed by atoms with van der Waals surface area (Å²) in [4.78, 5) is 18.2. The van der Waals surface area contributed by atoms with E-state index in [1.165, 1.54) is 29.1 Å². The predicted molar refractivity (Wildman–Crippen MR) is 118 cm³/mol. The summed E-state index contributed by atoms with van der Waals surface area (Å²) in [5.74, 6) is 0.719. The predicted octanol–water partition coefficient (Wildman–Crippen LogP) is 5.18. The van der Waals surface area contributed by atoms with Gasteiger partial charge >= 0.3 is 0 Å². The molecule has 1 aliphatic rings. The molecule has 1 saturated heterocycles. The van der Waals surface area contributed by atoms with Crippen molar-refractivity contribution in [3.05, 3.63) is 59.0 Å². The van der Waals surface area contributed by atoms with Gasteiger partial charge < -0.3 is 15.0 Å². The topological polar surface area (TPSA) is 57.4 Å². The number of rotatable bonds is 5. The molecule has 30 heavy (non-hydrogen) atoms. The summed E-state index contributed by atoms with van der Waals surface area (Å²) < 4.78 is 18.6. The molecule has 1 aromatic heterocycles. The van der Waals surface area contributed by atoms with Crippen LogP contribution in [0, 0.1) is 5.82 Å². The summed E-state index contributed by atoms with van der Waals surface area (Å²) in [5, 5.41) is 4.21. The Balaban J connectivity index is 1.40. The minimum absolute atomic E-state index is 0.140. The number of H-pyrrole nitrogens is 1. The van der Waals surface area contributed by atoms with Gasteiger partial charge in [0.2, 0.25) is 5.91 Å². The average Bonchev–Trinajstić information content (AvgIpc) is 3.18. The van der Waals surface area contributed by atoms with Crippen molar-refractivity contribution in [2.45, 2.75) is 31.7 Å². The van der Waals surface area contributed by atoms with Crippen molar-refractivity contribution in [3.8, 4) is 5.75 Å². The number of fused-ring (bicyclic) bond motifs is 1. The van der Waals surface area contributed by atoms with Crippen molar-refractivity contribution in [2.75, 3.05) is 25.5 Å². The number of amides is 1. The fourth-order valence-electron chi connectivity index (χ4n) is 4.18. The molecule has 7 heteroatoms. The highest BCUT2D eigenvalue weighted by molar-refractivity contribution is 6.33. The van der Waals surface area contributed by atoms with Gasteiger partial charge in [0.15, 0.2) is 0 Å². The summed E-state index contributed by atoms with van der Waals surface area (Å²) in [6, 6.07) is 9.75. The van der Waals surface area contributed by atoms with E-state index in [1.54, 1.807) is 7.11 Å². The number of anilines is 1. The van der Waals surface area contributed by atoms with E-state index in [1.807, 2.05) is 19.1 Å². The second-order valence-electron chi connectivity index (χ2n) is 7.76. The molecule has 0 spiro atoms. The van der Waals surface area contributed by atoms with E-state index in [0.717, 1.165) is 37.2 Å². The second kappa shape index (κ2) is 8.66. The van der Waals surface area contributed by atoms with E-state index in [-0.39, 0.29) is 17.0 Å². The van der Waals surface area contributed by atoms with Crippen LogP contribution in [0.1, 0.15) is 31.2 Å². The molecule has 0 aliphatic carbocycles. The number of methoxy groups -OCH3 is 1. The monoisotopic (exact) mass is 429 g/mol. The van der Waals surface area contributed by atoms with Crippen LogP contribution in [0.15, 0.2) is 42.6 Å². The lowest BCUT2D eigenvalue weighted by atomic mass is 9.88. The van der Waals surface area contributed by atoms with Gasteiger partial charge in [-0.1, -0.05) is 11.6 Å². The number of ether oxygens (including phenoxy) is 1. The molecule has 5 nitrogen and oxygen atoms in total. The molecular weight excluding hydrogens is 405 g/mol. The summed E-state index contributed by atoms with van der Waals surface area (Å²) >= 11 is 6.03. The minimum atomic E-state index is -0.428. The van der Waals surface area contributed by atoms with Crippen LogP contribution in [0.4, 0.5) is 10.1 Å². The van der Waals surface area contributed by atoms with Crippen molar-refractivity contribution in [2.24, 2.45) is 0 Å². The van der Waals surface area contributed by atoms with Gasteiger partial charge in [-0.25, -0.2) is 4.39 Å². The zero-order chi connectivity index (χ0) is 21.3. The van der Waals surface area contributed by atoms with Gasteiger partial charge in [0.25, 0.3) is 0 Å². The normalized spacial score (nSPS) is 16.5. The first kappa shape index (κ1) is 20.7. The molecule has 1 amide bonds. The molecule has 0 bridgehead atoms. The molecular formula is C23H25ClFN3O2. The van der Waals surface area contributed by atoms with E-state index in [4.69, 9.17) is 16.3 Å². The van der Waals surface area contributed by atoms with Gasteiger partial charge in [-0.3, -0.25) is 9.69 Å². The van der Waals surface area contributed by atoms with E-state index >= 15 is 0 Å². The zero-order valence-corrected chi connectivity index (χ0v) is 17.8. The van der Waals surface area contributed by atoms with Gasteiger partial charge in [0, 0.05) is 17.1 Å². The number of halogens is 2. The Bertz CT molecular complexity index is 1060. The number of nitrogens with one attached hydrogen (secondary N) is 2. The van der Waals surface area contributed by atoms with E-state index in [0.29, 0.717) is 11.6 Å². The Kier molecular flexibility index (Phi) is 5.97. The third-order valence-electron chi connectivity index (χ3n) is 6.01. The number of hydrogen-bond donors (Lipinski definition) is 2. The number of nitrogens with zero attached hydrogens (tertiary/aromatic N) is 1. The van der Waals surface area contributed by atoms with Crippen LogP contribution < -0.4 is 10.1 Å². The van der Waals surface area contributed by atoms with E-state index in [2.05, 4.69) is 27.5 Å². The Labute approximate surface area is 180 Å². The summed E-state index contributed by atoms with van der Waals surface area (Å²) in [7, 11) is 1.68. The van der Waals surface area contributed by atoms with Crippen molar-refractivity contribution in [1.29, 1.82) is 0 Å². The van der Waals surface area contributed by atoms with Crippen LogP contribution in [0.5, 0.6) is 5.75 Å². The lowest BCUT2D eigenvalue weighted by molar-refractivity contribution is -0.121. The highest BCUT2D eigenvalue weighted by Gasteiger charge is 2.28. The first-order valence-corrected chi connectivity index (χ1v) is 10.5. The highest BCUT2D eigenvalue weighted by Crippen LogP contribution is 2.35. The number of likely N-dealkylation sites (tertiary alicyclic amines) is 1. The Morgan fingerprint density at radius 2 is 2.03 bits per heavy atom. The van der Waals surface area contributed by atoms with Crippen molar-refractivity contribution >= 4 is 34.1 Å². The Morgan fingerprint density at radius 1 is 1.27 bits per heavy atom. The highest BCUT2D eigenvalue weighted by atomic mass is 35.5. The fourth-order valence-corrected chi connectivity index (χ4v) is 4.39. The minimum Gasteiger partial charge on any atom is -0.497 e. The number of aromatic amines is 1. The second-order valence-corrected chi connectivity index (χ2v) is 8.16. The molecule has 1 unspecified atom stereocenters. The van der Waals surface area contributed by atoms with Gasteiger partial charge in [-0.15, -0.1) is 0 Å². The van der Waals surface area contributed by atoms with Gasteiger partial charge in [-0.05, 0) is 80.7 Å². The molecule has 2 N–H and O–H groups in total. The molecule has 0 saturated carbocycles. The molecule has 1 fully saturated rings. The quantitative estimate of drug-likeness (QED) is 0.587. The lowest BCUT2D eigenvalue weighted by Crippen LogP contribution is -2.45. The summed E-state index contributed by atoms with van der Waals surface area (Å²) in [5.41, 5.74) is 2.84. The number of piperidine rings is 1. The number of carbonyl (C=O) groups excluding carboxylic acids is 1. The van der Waals surface area contributed by atoms with Crippen molar-refractivity contribution in [1.82, 2.24) is 9.88 Å². The number of hydrogen-bond acceptors (Lipinski definition) is 3. The van der Waals surface area contributed by atoms with Gasteiger partial charge in [-0.2, -0.15) is 0 Å². The maximum Gasteiger partial charge on any atom is 0.241 e. The Hall–Kier alpha value is -2.57. The molecule has 4 rings (SSSR count). The van der Waals surface area contributed by atoms with Crippen molar-refractivity contribution < 1.29 is 13.9 Å². The molecule has 1 aliphatic heterocycles. The standard InChI is InChI=1S/C23H25ClFN3O2/c1-14(23(29)27-22-5-3-16(25)11-20(22)24)28-9-7-15(8-10-28)19-13-26-21-6-4-17(30-2)12-18(19)21/h3-6,11-15,26H,7-10H2,1-2H3,(H,27,29). The summed E-state index contributed by atoms with van der Waals surface area (Å²) in [6.07, 6.45) is 4.04. The zero-order valence-electron chi connectivity index (χ0n) is 17.0. The number of carbonyl (C=O) groups is 1. The van der Waals surface area contributed by atoms with Crippen LogP contribution in [-0.4, -0.2) is 42.0 Å². The van der Waals surface area contributed by atoms with Crippen LogP contribution in [-0.2, 0) is 4.79 Å². The number of aromatic nitrogens is 1. The molecule has 0 radical (unpaired) electrons. The van der Waals surface area contributed by atoms with Crippen LogP contribution in [0.2, 0.25) is 5.02 Å². The van der Waals surface area contributed by atoms with Gasteiger partial charge in [0.1, 0.15) is 11.6 Å². The van der Waals surface area contributed by atoms with E-state index < -0.39 is 5.82 Å². The fraction of sp³-hybridized carbons (Fsp3) is 0.348. The number of benzene rings is 2. The maximum absolute atomic E-state index is 13.2. The molecule has 2 aromatic carbocycles. The first-order chi connectivity index (χ1) is 14.5. The maximum atomic E-state index is 13.2. The van der Waals surface area contributed by atoms with Crippen molar-refractivity contribution in [3.63, 3.8) is 0 Å². The van der Waals surface area contributed by atoms with Crippen LogP contribution >= 0.6 is 11.6 Å². The molecule has 2 heterocycles. The van der Waals surface area contributed by atoms with Gasteiger partial charge in [0.05, 0.1) is 23.9 Å². The SMILES string of the molecule is COc1ccc2[nH]cc(C3CCN(C(C)C(=O)Nc4ccc(F)cc4Cl)CC3)c2c1. The molecule has 3 aromatic rings. The summed E-state index contributed by atoms with van der Waals surface area (Å²) in [6.45, 7) is 3.55. The average molecular weight is 430 g/mol. The third kappa shape index (κ3) is 4.16.